The Morgan fingerprint density at radius 3 is 1.64 bits per heavy atom. The van der Waals surface area contributed by atoms with Crippen molar-refractivity contribution in [1.29, 1.82) is 0 Å². The van der Waals surface area contributed by atoms with Crippen molar-refractivity contribution in [2.45, 2.75) is 12.4 Å². The Kier molecular flexibility index (Phi) is 4.92. The number of hydrogen-bond acceptors (Lipinski definition) is 1. The summed E-state index contributed by atoms with van der Waals surface area (Å²) in [5.74, 6) is -2.29. The maximum atomic E-state index is 13.1. The first-order chi connectivity index (χ1) is 11.5. The molecule has 0 atom stereocenters. The van der Waals surface area contributed by atoms with Gasteiger partial charge in [-0.3, -0.25) is 0 Å². The van der Waals surface area contributed by atoms with Crippen molar-refractivity contribution in [3.05, 3.63) is 70.3 Å². The third kappa shape index (κ3) is 4.40. The molecule has 2 rings (SSSR count). The number of carbonyl (C=O) groups is 1. The van der Waals surface area contributed by atoms with Crippen molar-refractivity contribution in [1.82, 2.24) is 0 Å². The summed E-state index contributed by atoms with van der Waals surface area (Å²) >= 11 is 0. The number of halogens is 6. The van der Waals surface area contributed by atoms with Crippen LogP contribution in [0.4, 0.5) is 26.3 Å². The maximum absolute atomic E-state index is 13.1. The molecule has 0 unspecified atom stereocenters. The predicted octanol–water partition coefficient (Wildman–Crippen LogP) is 5.59. The number of carboxylic acids is 1. The van der Waals surface area contributed by atoms with E-state index in [9.17, 15) is 31.1 Å². The largest absolute Gasteiger partial charge is 0.478 e. The summed E-state index contributed by atoms with van der Waals surface area (Å²) in [6.45, 7) is 0. The van der Waals surface area contributed by atoms with Crippen LogP contribution in [0, 0.1) is 0 Å². The van der Waals surface area contributed by atoms with Crippen LogP contribution in [-0.4, -0.2) is 11.1 Å². The van der Waals surface area contributed by atoms with Crippen LogP contribution in [0.2, 0.25) is 0 Å². The van der Waals surface area contributed by atoms with E-state index < -0.39 is 40.6 Å². The Morgan fingerprint density at radius 2 is 1.24 bits per heavy atom. The van der Waals surface area contributed by atoms with Gasteiger partial charge >= 0.3 is 18.3 Å². The fourth-order valence-corrected chi connectivity index (χ4v) is 2.19. The van der Waals surface area contributed by atoms with Crippen LogP contribution in [0.25, 0.3) is 12.2 Å². The normalized spacial score (nSPS) is 12.6. The van der Waals surface area contributed by atoms with Gasteiger partial charge in [0.15, 0.2) is 0 Å². The van der Waals surface area contributed by atoms with Crippen LogP contribution in [-0.2, 0) is 12.4 Å². The topological polar surface area (TPSA) is 37.3 Å². The van der Waals surface area contributed by atoms with Crippen molar-refractivity contribution in [2.75, 3.05) is 0 Å². The molecular weight excluding hydrogens is 350 g/mol. The average Bonchev–Trinajstić information content (AvgIpc) is 2.51. The van der Waals surface area contributed by atoms with E-state index >= 15 is 0 Å². The first-order valence-corrected chi connectivity index (χ1v) is 6.79. The zero-order chi connectivity index (χ0) is 18.8. The summed E-state index contributed by atoms with van der Waals surface area (Å²) in [5, 5.41) is 8.85. The van der Waals surface area contributed by atoms with E-state index in [0.29, 0.717) is 17.7 Å². The molecule has 8 heteroatoms. The van der Waals surface area contributed by atoms with Crippen molar-refractivity contribution in [2.24, 2.45) is 0 Å². The molecule has 0 aliphatic heterocycles. The van der Waals surface area contributed by atoms with Crippen LogP contribution >= 0.6 is 0 Å². The van der Waals surface area contributed by atoms with E-state index in [4.69, 9.17) is 5.11 Å². The van der Waals surface area contributed by atoms with Crippen LogP contribution in [0.1, 0.15) is 32.6 Å². The number of alkyl halides is 6. The van der Waals surface area contributed by atoms with Gasteiger partial charge in [-0.2, -0.15) is 26.3 Å². The molecule has 0 saturated heterocycles. The van der Waals surface area contributed by atoms with E-state index in [0.717, 1.165) is 6.08 Å². The monoisotopic (exact) mass is 360 g/mol. The highest BCUT2D eigenvalue weighted by Crippen LogP contribution is 2.40. The number of rotatable bonds is 3. The van der Waals surface area contributed by atoms with E-state index in [1.165, 1.54) is 6.08 Å². The fourth-order valence-electron chi connectivity index (χ4n) is 2.19. The molecule has 0 aliphatic rings. The molecule has 2 aromatic carbocycles. The first-order valence-electron chi connectivity index (χ1n) is 6.79. The van der Waals surface area contributed by atoms with Gasteiger partial charge in [0.2, 0.25) is 0 Å². The zero-order valence-electron chi connectivity index (χ0n) is 12.3. The Hall–Kier alpha value is -2.77. The van der Waals surface area contributed by atoms with E-state index in [1.807, 2.05) is 0 Å². The Labute approximate surface area is 138 Å². The molecule has 0 saturated carbocycles. The van der Waals surface area contributed by atoms with Gasteiger partial charge in [0.25, 0.3) is 0 Å². The van der Waals surface area contributed by atoms with Crippen LogP contribution in [0.15, 0.2) is 42.5 Å². The van der Waals surface area contributed by atoms with E-state index in [-0.39, 0.29) is 0 Å². The van der Waals surface area contributed by atoms with Crippen molar-refractivity contribution in [3.8, 4) is 0 Å². The molecule has 0 heterocycles. The minimum absolute atomic E-state index is 0.387. The van der Waals surface area contributed by atoms with Gasteiger partial charge in [-0.05, 0) is 23.3 Å². The van der Waals surface area contributed by atoms with Gasteiger partial charge in [-0.25, -0.2) is 4.79 Å². The second-order valence-electron chi connectivity index (χ2n) is 5.04. The van der Waals surface area contributed by atoms with Crippen LogP contribution < -0.4 is 0 Å². The molecule has 0 aromatic heterocycles. The Bertz CT molecular complexity index is 769. The van der Waals surface area contributed by atoms with Crippen LogP contribution in [0.3, 0.4) is 0 Å². The lowest BCUT2D eigenvalue weighted by atomic mass is 9.96. The lowest BCUT2D eigenvalue weighted by Crippen LogP contribution is -2.20. The number of benzene rings is 2. The molecule has 0 spiro atoms. The van der Waals surface area contributed by atoms with Gasteiger partial charge in [0.1, 0.15) is 0 Å². The number of aromatic carboxylic acids is 1. The van der Waals surface area contributed by atoms with Crippen molar-refractivity contribution >= 4 is 18.1 Å². The molecule has 132 valence electrons. The van der Waals surface area contributed by atoms with Gasteiger partial charge in [-0.15, -0.1) is 0 Å². The summed E-state index contributed by atoms with van der Waals surface area (Å²) in [6.07, 6.45) is -8.10. The predicted molar refractivity (Wildman–Crippen MR) is 78.8 cm³/mol. The maximum Gasteiger partial charge on any atom is 0.417 e. The summed E-state index contributed by atoms with van der Waals surface area (Å²) in [5.41, 5.74) is -5.35. The molecule has 0 aliphatic carbocycles. The third-order valence-corrected chi connectivity index (χ3v) is 3.25. The Morgan fingerprint density at radius 1 is 0.800 bits per heavy atom. The van der Waals surface area contributed by atoms with Gasteiger partial charge < -0.3 is 5.11 Å². The minimum Gasteiger partial charge on any atom is -0.478 e. The molecule has 2 aromatic rings. The number of hydrogen-bond donors (Lipinski definition) is 1. The lowest BCUT2D eigenvalue weighted by molar-refractivity contribution is -0.144. The minimum atomic E-state index is -5.25. The summed E-state index contributed by atoms with van der Waals surface area (Å²) in [6, 6.07) is 8.98. The summed E-state index contributed by atoms with van der Waals surface area (Å²) in [7, 11) is 0. The standard InChI is InChI=1S/C17H10F6O2/c18-16(19,20)12-8-11(7-6-10-4-2-1-3-5-10)9-13(17(21,22)23)14(12)15(24)25/h1-9H,(H,24,25). The second kappa shape index (κ2) is 6.62. The smallest absolute Gasteiger partial charge is 0.417 e. The second-order valence-corrected chi connectivity index (χ2v) is 5.04. The molecule has 0 amide bonds. The molecule has 0 radical (unpaired) electrons. The molecule has 1 N–H and O–H groups in total. The molecular formula is C17H10F6O2. The SMILES string of the molecule is O=C(O)c1c(C(F)(F)F)cc(C=Cc2ccccc2)cc1C(F)(F)F. The summed E-state index contributed by atoms with van der Waals surface area (Å²) in [4.78, 5) is 11.0. The fraction of sp³-hybridized carbons (Fsp3) is 0.118. The van der Waals surface area contributed by atoms with Gasteiger partial charge in [-0.1, -0.05) is 42.5 Å². The molecule has 25 heavy (non-hydrogen) atoms. The average molecular weight is 360 g/mol. The number of carboxylic acid groups (broad SMARTS) is 1. The highest BCUT2D eigenvalue weighted by molar-refractivity contribution is 5.92. The quantitative estimate of drug-likeness (QED) is 0.572. The third-order valence-electron chi connectivity index (χ3n) is 3.25. The van der Waals surface area contributed by atoms with Crippen molar-refractivity contribution < 1.29 is 36.2 Å². The van der Waals surface area contributed by atoms with E-state index in [1.54, 1.807) is 30.3 Å². The summed E-state index contributed by atoms with van der Waals surface area (Å²) < 4.78 is 78.4. The highest BCUT2D eigenvalue weighted by Gasteiger charge is 2.43. The van der Waals surface area contributed by atoms with Gasteiger partial charge in [0.05, 0.1) is 16.7 Å². The molecule has 0 bridgehead atoms. The van der Waals surface area contributed by atoms with Crippen LogP contribution in [0.5, 0.6) is 0 Å². The van der Waals surface area contributed by atoms with E-state index in [2.05, 4.69) is 0 Å². The molecule has 0 fully saturated rings. The molecule has 2 nitrogen and oxygen atoms in total. The highest BCUT2D eigenvalue weighted by atomic mass is 19.4. The first kappa shape index (κ1) is 18.6. The Balaban J connectivity index is 2.67. The van der Waals surface area contributed by atoms with Gasteiger partial charge in [0, 0.05) is 0 Å². The zero-order valence-corrected chi connectivity index (χ0v) is 12.3. The lowest BCUT2D eigenvalue weighted by Gasteiger charge is -2.17. The van der Waals surface area contributed by atoms with Crippen molar-refractivity contribution in [3.63, 3.8) is 0 Å².